The lowest BCUT2D eigenvalue weighted by Crippen LogP contribution is -2.41. The fraction of sp³-hybridized carbons (Fsp3) is 0.467. The van der Waals surface area contributed by atoms with Gasteiger partial charge in [-0.25, -0.2) is 0 Å². The van der Waals surface area contributed by atoms with Gasteiger partial charge >= 0.3 is 0 Å². The number of hydrogen-bond donors (Lipinski definition) is 3. The number of amides is 2. The molecule has 0 aliphatic heterocycles. The number of benzene rings is 1. The highest BCUT2D eigenvalue weighted by Gasteiger charge is 2.10. The summed E-state index contributed by atoms with van der Waals surface area (Å²) in [4.78, 5) is 22.5. The van der Waals surface area contributed by atoms with Crippen LogP contribution in [0.15, 0.2) is 24.3 Å². The molecule has 0 heterocycles. The predicted octanol–water partition coefficient (Wildman–Crippen LogP) is 1.85. The van der Waals surface area contributed by atoms with Crippen molar-refractivity contribution in [2.45, 2.75) is 39.2 Å². The van der Waals surface area contributed by atoms with Crippen LogP contribution in [0.25, 0.3) is 0 Å². The molecule has 21 heavy (non-hydrogen) atoms. The van der Waals surface area contributed by atoms with Gasteiger partial charge in [0.25, 0.3) is 0 Å². The van der Waals surface area contributed by atoms with Gasteiger partial charge in [0.1, 0.15) is 0 Å². The van der Waals surface area contributed by atoms with E-state index in [2.05, 4.69) is 10.6 Å². The van der Waals surface area contributed by atoms with Crippen LogP contribution in [0.3, 0.4) is 0 Å². The van der Waals surface area contributed by atoms with Crippen molar-refractivity contribution in [3.8, 4) is 0 Å². The number of hydrogen-bond acceptors (Lipinski definition) is 3. The molecule has 1 aromatic rings. The van der Waals surface area contributed by atoms with E-state index in [0.717, 1.165) is 24.1 Å². The van der Waals surface area contributed by atoms with Crippen molar-refractivity contribution in [2.75, 3.05) is 11.9 Å². The molecular weight excluding hydrogens is 290 g/mol. The second-order valence-corrected chi connectivity index (χ2v) is 4.81. The van der Waals surface area contributed by atoms with Crippen molar-refractivity contribution in [3.05, 3.63) is 29.8 Å². The second kappa shape index (κ2) is 10.2. The van der Waals surface area contributed by atoms with Gasteiger partial charge in [-0.1, -0.05) is 25.5 Å². The van der Waals surface area contributed by atoms with E-state index in [-0.39, 0.29) is 24.2 Å². The number of carbonyl (C=O) groups is 2. The van der Waals surface area contributed by atoms with Crippen LogP contribution >= 0.6 is 12.4 Å². The number of nitrogens with one attached hydrogen (secondary N) is 2. The minimum absolute atomic E-state index is 0. The molecule has 0 saturated heterocycles. The molecule has 5 nitrogen and oxygen atoms in total. The second-order valence-electron chi connectivity index (χ2n) is 4.81. The van der Waals surface area contributed by atoms with Crippen molar-refractivity contribution in [1.29, 1.82) is 0 Å². The molecule has 0 aliphatic rings. The maximum atomic E-state index is 11.6. The molecule has 0 spiro atoms. The normalized spacial score (nSPS) is 11.2. The van der Waals surface area contributed by atoms with Crippen LogP contribution < -0.4 is 16.4 Å². The fourth-order valence-electron chi connectivity index (χ4n) is 1.86. The van der Waals surface area contributed by atoms with Crippen LogP contribution in [0.1, 0.15) is 32.3 Å². The van der Waals surface area contributed by atoms with E-state index < -0.39 is 6.04 Å². The van der Waals surface area contributed by atoms with Crippen LogP contribution in [-0.2, 0) is 16.0 Å². The van der Waals surface area contributed by atoms with E-state index in [0.29, 0.717) is 13.0 Å². The molecule has 1 rings (SSSR count). The summed E-state index contributed by atoms with van der Waals surface area (Å²) < 4.78 is 0. The Labute approximate surface area is 132 Å². The van der Waals surface area contributed by atoms with Crippen LogP contribution in [0, 0.1) is 0 Å². The molecule has 0 fully saturated rings. The molecule has 118 valence electrons. The van der Waals surface area contributed by atoms with E-state index in [1.165, 1.54) is 6.92 Å². The zero-order valence-corrected chi connectivity index (χ0v) is 13.3. The quantitative estimate of drug-likeness (QED) is 0.718. The Morgan fingerprint density at radius 2 is 1.86 bits per heavy atom. The van der Waals surface area contributed by atoms with E-state index in [1.807, 2.05) is 31.2 Å². The summed E-state index contributed by atoms with van der Waals surface area (Å²) >= 11 is 0. The van der Waals surface area contributed by atoms with Crippen LogP contribution in [0.5, 0.6) is 0 Å². The first-order chi connectivity index (χ1) is 9.52. The molecule has 2 amide bonds. The minimum atomic E-state index is -0.415. The summed E-state index contributed by atoms with van der Waals surface area (Å²) in [6.07, 6.45) is 2.35. The van der Waals surface area contributed by atoms with Crippen molar-refractivity contribution in [1.82, 2.24) is 5.32 Å². The number of nitrogens with two attached hydrogens (primary N) is 1. The van der Waals surface area contributed by atoms with Gasteiger partial charge in [-0.3, -0.25) is 9.59 Å². The highest BCUT2D eigenvalue weighted by atomic mass is 35.5. The van der Waals surface area contributed by atoms with E-state index in [9.17, 15) is 9.59 Å². The predicted molar refractivity (Wildman–Crippen MR) is 87.6 cm³/mol. The number of halogens is 1. The summed E-state index contributed by atoms with van der Waals surface area (Å²) in [6.45, 7) is 4.04. The van der Waals surface area contributed by atoms with Gasteiger partial charge in [0.15, 0.2) is 0 Å². The maximum Gasteiger partial charge on any atom is 0.236 e. The summed E-state index contributed by atoms with van der Waals surface area (Å²) in [5, 5.41) is 5.54. The first kappa shape index (κ1) is 19.4. The molecule has 0 aromatic heterocycles. The molecule has 0 radical (unpaired) electrons. The third-order valence-electron chi connectivity index (χ3n) is 2.92. The molecule has 0 saturated carbocycles. The monoisotopic (exact) mass is 313 g/mol. The van der Waals surface area contributed by atoms with Crippen molar-refractivity contribution in [3.63, 3.8) is 0 Å². The molecule has 1 aromatic carbocycles. The Kier molecular flexibility index (Phi) is 9.41. The lowest BCUT2D eigenvalue weighted by molar-refractivity contribution is -0.122. The van der Waals surface area contributed by atoms with Gasteiger partial charge in [0, 0.05) is 19.2 Å². The number of anilines is 1. The number of rotatable bonds is 7. The Hall–Kier alpha value is -1.59. The summed E-state index contributed by atoms with van der Waals surface area (Å²) in [7, 11) is 0. The highest BCUT2D eigenvalue weighted by Crippen LogP contribution is 2.09. The third-order valence-corrected chi connectivity index (χ3v) is 2.92. The van der Waals surface area contributed by atoms with Gasteiger partial charge < -0.3 is 16.4 Å². The standard InChI is InChI=1S/C15H23N3O2.ClH/c1-3-4-14(16)15(20)17-10-9-12-5-7-13(8-6-12)18-11(2)19;/h5-8,14H,3-4,9-10,16H2,1-2H3,(H,17,20)(H,18,19);1H. The summed E-state index contributed by atoms with van der Waals surface area (Å²) in [5.74, 6) is -0.184. The van der Waals surface area contributed by atoms with E-state index in [1.54, 1.807) is 0 Å². The zero-order chi connectivity index (χ0) is 15.0. The molecule has 6 heteroatoms. The Morgan fingerprint density at radius 1 is 1.24 bits per heavy atom. The van der Waals surface area contributed by atoms with Gasteiger partial charge in [0.05, 0.1) is 6.04 Å². The lowest BCUT2D eigenvalue weighted by Gasteiger charge is -2.11. The fourth-order valence-corrected chi connectivity index (χ4v) is 1.86. The molecule has 4 N–H and O–H groups in total. The van der Waals surface area contributed by atoms with Crippen LogP contribution in [-0.4, -0.2) is 24.4 Å². The average Bonchev–Trinajstić information content (AvgIpc) is 2.40. The topological polar surface area (TPSA) is 84.2 Å². The van der Waals surface area contributed by atoms with Crippen molar-refractivity contribution < 1.29 is 9.59 Å². The third kappa shape index (κ3) is 7.68. The van der Waals surface area contributed by atoms with Gasteiger partial charge in [-0.05, 0) is 30.5 Å². The SMILES string of the molecule is CCCC(N)C(=O)NCCc1ccc(NC(C)=O)cc1.Cl. The zero-order valence-electron chi connectivity index (χ0n) is 12.5. The van der Waals surface area contributed by atoms with Crippen molar-refractivity contribution >= 4 is 29.9 Å². The molecule has 1 atom stereocenters. The minimum Gasteiger partial charge on any atom is -0.354 e. The van der Waals surface area contributed by atoms with Crippen LogP contribution in [0.2, 0.25) is 0 Å². The largest absolute Gasteiger partial charge is 0.354 e. The Morgan fingerprint density at radius 3 is 2.38 bits per heavy atom. The van der Waals surface area contributed by atoms with Crippen LogP contribution in [0.4, 0.5) is 5.69 Å². The maximum absolute atomic E-state index is 11.6. The first-order valence-electron chi connectivity index (χ1n) is 6.92. The highest BCUT2D eigenvalue weighted by molar-refractivity contribution is 5.88. The first-order valence-corrected chi connectivity index (χ1v) is 6.92. The molecular formula is C15H24ClN3O2. The van der Waals surface area contributed by atoms with E-state index in [4.69, 9.17) is 5.73 Å². The smallest absolute Gasteiger partial charge is 0.236 e. The Balaban J connectivity index is 0.00000400. The van der Waals surface area contributed by atoms with Gasteiger partial charge in [-0.2, -0.15) is 0 Å². The molecule has 1 unspecified atom stereocenters. The molecule has 0 bridgehead atoms. The van der Waals surface area contributed by atoms with Gasteiger partial charge in [-0.15, -0.1) is 12.4 Å². The number of carbonyl (C=O) groups excluding carboxylic acids is 2. The van der Waals surface area contributed by atoms with Gasteiger partial charge in [0.2, 0.25) is 11.8 Å². The summed E-state index contributed by atoms with van der Waals surface area (Å²) in [6, 6.07) is 7.15. The molecule has 0 aliphatic carbocycles. The average molecular weight is 314 g/mol. The lowest BCUT2D eigenvalue weighted by atomic mass is 10.1. The summed E-state index contributed by atoms with van der Waals surface area (Å²) in [5.41, 5.74) is 7.59. The van der Waals surface area contributed by atoms with Crippen molar-refractivity contribution in [2.24, 2.45) is 5.73 Å². The van der Waals surface area contributed by atoms with E-state index >= 15 is 0 Å². The Bertz CT molecular complexity index is 449.